The van der Waals surface area contributed by atoms with Crippen molar-refractivity contribution >= 4 is 22.2 Å². The van der Waals surface area contributed by atoms with E-state index in [9.17, 15) is 4.79 Å². The third kappa shape index (κ3) is 2.99. The molecule has 7 nitrogen and oxygen atoms in total. The molecule has 1 atom stereocenters. The van der Waals surface area contributed by atoms with Gasteiger partial charge in [0.15, 0.2) is 0 Å². The minimum absolute atomic E-state index is 0.137. The van der Waals surface area contributed by atoms with Gasteiger partial charge in [-0.15, -0.1) is 0 Å². The first-order chi connectivity index (χ1) is 12.5. The number of fused-ring (bicyclic) bond motifs is 1. The van der Waals surface area contributed by atoms with E-state index in [2.05, 4.69) is 20.5 Å². The van der Waals surface area contributed by atoms with Crippen molar-refractivity contribution in [3.05, 3.63) is 64.7 Å². The van der Waals surface area contributed by atoms with Crippen LogP contribution < -0.4 is 5.32 Å². The van der Waals surface area contributed by atoms with Gasteiger partial charge in [-0.3, -0.25) is 4.79 Å². The lowest BCUT2D eigenvalue weighted by Crippen LogP contribution is -2.26. The van der Waals surface area contributed by atoms with Crippen LogP contribution in [0.15, 0.2) is 42.0 Å². The molecule has 0 aliphatic rings. The summed E-state index contributed by atoms with van der Waals surface area (Å²) >= 11 is 1.46. The second-order valence-electron chi connectivity index (χ2n) is 6.21. The Balaban J connectivity index is 1.49. The number of aryl methyl sites for hydroxylation is 2. The first-order valence-electron chi connectivity index (χ1n) is 8.24. The molecule has 1 amide bonds. The lowest BCUT2D eigenvalue weighted by molar-refractivity contribution is 0.0939. The SMILES string of the molecule is Cc1cc(C)n(-c2ccc(C(=O)N[C@H](C)c3cn4ncsc4n3)cc2)n1. The number of benzene rings is 1. The maximum Gasteiger partial charge on any atom is 0.251 e. The molecule has 0 spiro atoms. The Morgan fingerprint density at radius 1 is 1.23 bits per heavy atom. The highest BCUT2D eigenvalue weighted by atomic mass is 32.1. The molecule has 1 aromatic carbocycles. The van der Waals surface area contributed by atoms with Crippen LogP contribution in [0, 0.1) is 13.8 Å². The smallest absolute Gasteiger partial charge is 0.251 e. The zero-order valence-electron chi connectivity index (χ0n) is 14.7. The van der Waals surface area contributed by atoms with Crippen molar-refractivity contribution in [2.45, 2.75) is 26.8 Å². The van der Waals surface area contributed by atoms with Crippen LogP contribution >= 0.6 is 11.3 Å². The largest absolute Gasteiger partial charge is 0.344 e. The van der Waals surface area contributed by atoms with Gasteiger partial charge in [0, 0.05) is 11.3 Å². The van der Waals surface area contributed by atoms with Crippen molar-refractivity contribution in [1.82, 2.24) is 29.7 Å². The van der Waals surface area contributed by atoms with Crippen LogP contribution in [0.4, 0.5) is 0 Å². The number of carbonyl (C=O) groups is 1. The molecule has 3 heterocycles. The number of carbonyl (C=O) groups excluding carboxylic acids is 1. The van der Waals surface area contributed by atoms with Crippen LogP contribution in [0.2, 0.25) is 0 Å². The first-order valence-corrected chi connectivity index (χ1v) is 9.12. The molecular formula is C18H18N6OS. The van der Waals surface area contributed by atoms with Gasteiger partial charge in [0.25, 0.3) is 5.91 Å². The van der Waals surface area contributed by atoms with E-state index in [1.807, 2.05) is 49.8 Å². The summed E-state index contributed by atoms with van der Waals surface area (Å²) in [6.45, 7) is 5.88. The monoisotopic (exact) mass is 366 g/mol. The summed E-state index contributed by atoms with van der Waals surface area (Å²) in [7, 11) is 0. The van der Waals surface area contributed by atoms with Crippen LogP contribution in [-0.4, -0.2) is 30.3 Å². The first kappa shape index (κ1) is 16.5. The zero-order valence-corrected chi connectivity index (χ0v) is 15.5. The van der Waals surface area contributed by atoms with Gasteiger partial charge < -0.3 is 5.32 Å². The number of hydrogen-bond donors (Lipinski definition) is 1. The predicted octanol–water partition coefficient (Wildman–Crippen LogP) is 3.08. The predicted molar refractivity (Wildman–Crippen MR) is 99.8 cm³/mol. The summed E-state index contributed by atoms with van der Waals surface area (Å²) in [4.78, 5) is 17.8. The lowest BCUT2D eigenvalue weighted by Gasteiger charge is -2.12. The Bertz CT molecular complexity index is 1050. The molecule has 3 aromatic heterocycles. The average molecular weight is 366 g/mol. The molecule has 0 saturated heterocycles. The fraction of sp³-hybridized carbons (Fsp3) is 0.222. The molecular weight excluding hydrogens is 348 g/mol. The van der Waals surface area contributed by atoms with Gasteiger partial charge in [0.1, 0.15) is 5.51 Å². The number of hydrogen-bond acceptors (Lipinski definition) is 5. The van der Waals surface area contributed by atoms with Crippen molar-refractivity contribution < 1.29 is 4.79 Å². The molecule has 4 aromatic rings. The third-order valence-corrected chi connectivity index (χ3v) is 4.87. The van der Waals surface area contributed by atoms with Gasteiger partial charge in [-0.2, -0.15) is 10.2 Å². The van der Waals surface area contributed by atoms with Crippen molar-refractivity contribution in [2.24, 2.45) is 0 Å². The standard InChI is InChI=1S/C18H18N6OS/c1-11-8-12(2)24(22-11)15-6-4-14(5-7-15)17(25)20-13(3)16-9-23-18(21-16)26-10-19-23/h4-10,13H,1-3H3,(H,20,25)/t13-/m1/s1. The quantitative estimate of drug-likeness (QED) is 0.602. The summed E-state index contributed by atoms with van der Waals surface area (Å²) in [5, 5.41) is 11.6. The summed E-state index contributed by atoms with van der Waals surface area (Å²) in [5.74, 6) is -0.137. The van der Waals surface area contributed by atoms with Crippen molar-refractivity contribution in [3.8, 4) is 5.69 Å². The Morgan fingerprint density at radius 2 is 2.00 bits per heavy atom. The van der Waals surface area contributed by atoms with E-state index in [1.54, 1.807) is 22.2 Å². The van der Waals surface area contributed by atoms with Crippen LogP contribution in [0.1, 0.15) is 40.4 Å². The zero-order chi connectivity index (χ0) is 18.3. The summed E-state index contributed by atoms with van der Waals surface area (Å²) in [5.41, 5.74) is 6.08. The Hall–Kier alpha value is -3.00. The molecule has 0 fully saturated rings. The molecule has 1 N–H and O–H groups in total. The average Bonchev–Trinajstić information content (AvgIpc) is 3.29. The molecule has 0 radical (unpaired) electrons. The summed E-state index contributed by atoms with van der Waals surface area (Å²) in [6, 6.07) is 9.23. The fourth-order valence-electron chi connectivity index (χ4n) is 2.86. The van der Waals surface area contributed by atoms with Crippen LogP contribution in [0.25, 0.3) is 10.6 Å². The van der Waals surface area contributed by atoms with Crippen molar-refractivity contribution in [1.29, 1.82) is 0 Å². The number of nitrogens with one attached hydrogen (secondary N) is 1. The topological polar surface area (TPSA) is 77.1 Å². The third-order valence-electron chi connectivity index (χ3n) is 4.18. The minimum Gasteiger partial charge on any atom is -0.344 e. The number of nitrogens with zero attached hydrogens (tertiary/aromatic N) is 5. The fourth-order valence-corrected chi connectivity index (χ4v) is 3.47. The van der Waals surface area contributed by atoms with Gasteiger partial charge in [-0.25, -0.2) is 14.2 Å². The normalized spacial score (nSPS) is 12.4. The van der Waals surface area contributed by atoms with E-state index in [-0.39, 0.29) is 11.9 Å². The Labute approximate surface area is 154 Å². The summed E-state index contributed by atoms with van der Waals surface area (Å²) in [6.07, 6.45) is 1.84. The molecule has 0 unspecified atom stereocenters. The number of imidazole rings is 1. The van der Waals surface area contributed by atoms with Crippen LogP contribution in [0.3, 0.4) is 0 Å². The highest BCUT2D eigenvalue weighted by Gasteiger charge is 2.15. The summed E-state index contributed by atoms with van der Waals surface area (Å²) < 4.78 is 3.58. The molecule has 132 valence electrons. The molecule has 0 aliphatic heterocycles. The van der Waals surface area contributed by atoms with Crippen molar-refractivity contribution in [2.75, 3.05) is 0 Å². The molecule has 0 saturated carbocycles. The van der Waals surface area contributed by atoms with E-state index in [4.69, 9.17) is 0 Å². The van der Waals surface area contributed by atoms with Crippen molar-refractivity contribution in [3.63, 3.8) is 0 Å². The second-order valence-corrected chi connectivity index (χ2v) is 7.02. The number of aromatic nitrogens is 5. The van der Waals surface area contributed by atoms with Gasteiger partial charge >= 0.3 is 0 Å². The molecule has 0 bridgehead atoms. The van der Waals surface area contributed by atoms with E-state index in [1.165, 1.54) is 11.3 Å². The Kier molecular flexibility index (Phi) is 4.04. The van der Waals surface area contributed by atoms with E-state index in [0.717, 1.165) is 27.7 Å². The second kappa shape index (κ2) is 6.38. The highest BCUT2D eigenvalue weighted by Crippen LogP contribution is 2.17. The number of amides is 1. The van der Waals surface area contributed by atoms with E-state index >= 15 is 0 Å². The van der Waals surface area contributed by atoms with Gasteiger partial charge in [-0.1, -0.05) is 11.3 Å². The lowest BCUT2D eigenvalue weighted by atomic mass is 10.1. The Morgan fingerprint density at radius 3 is 2.65 bits per heavy atom. The molecule has 4 rings (SSSR count). The van der Waals surface area contributed by atoms with Crippen LogP contribution in [-0.2, 0) is 0 Å². The molecule has 26 heavy (non-hydrogen) atoms. The molecule has 8 heteroatoms. The van der Waals surface area contributed by atoms with Gasteiger partial charge in [-0.05, 0) is 51.1 Å². The number of rotatable bonds is 4. The van der Waals surface area contributed by atoms with Gasteiger partial charge in [0.2, 0.25) is 4.96 Å². The minimum atomic E-state index is -0.202. The highest BCUT2D eigenvalue weighted by molar-refractivity contribution is 7.14. The van der Waals surface area contributed by atoms with Crippen LogP contribution in [0.5, 0.6) is 0 Å². The van der Waals surface area contributed by atoms with Gasteiger partial charge in [0.05, 0.1) is 29.3 Å². The molecule has 0 aliphatic carbocycles. The van der Waals surface area contributed by atoms with E-state index < -0.39 is 0 Å². The maximum atomic E-state index is 12.5. The van der Waals surface area contributed by atoms with E-state index in [0.29, 0.717) is 5.56 Å². The maximum absolute atomic E-state index is 12.5.